The van der Waals surface area contributed by atoms with Crippen LogP contribution in [0.25, 0.3) is 0 Å². The van der Waals surface area contributed by atoms with Crippen LogP contribution in [-0.2, 0) is 0 Å². The van der Waals surface area contributed by atoms with Gasteiger partial charge in [0.15, 0.2) is 0 Å². The van der Waals surface area contributed by atoms with Crippen molar-refractivity contribution >= 4 is 0 Å². The molecule has 0 nitrogen and oxygen atoms in total. The van der Waals surface area contributed by atoms with Gasteiger partial charge in [-0.1, -0.05) is 38.5 Å². The molecule has 0 bridgehead atoms. The predicted octanol–water partition coefficient (Wildman–Crippen LogP) is 4.34. The summed E-state index contributed by atoms with van der Waals surface area (Å²) >= 11 is 0. The molecular weight excluding hydrogens is 156 g/mol. The van der Waals surface area contributed by atoms with Gasteiger partial charge in [0, 0.05) is 0 Å². The fourth-order valence-corrected chi connectivity index (χ4v) is 1.79. The summed E-state index contributed by atoms with van der Waals surface area (Å²) in [5, 5.41) is 0. The van der Waals surface area contributed by atoms with Crippen molar-refractivity contribution < 1.29 is 0 Å². The lowest BCUT2D eigenvalue weighted by molar-refractivity contribution is 0.502. The number of hydrogen-bond donors (Lipinski definition) is 0. The quantitative estimate of drug-likeness (QED) is 0.590. The van der Waals surface area contributed by atoms with Gasteiger partial charge in [-0.15, -0.1) is 0 Å². The van der Waals surface area contributed by atoms with Crippen molar-refractivity contribution in [2.45, 2.75) is 47.0 Å². The largest absolute Gasteiger partial charge is 0.0817 e. The lowest BCUT2D eigenvalue weighted by Crippen LogP contribution is -2.04. The van der Waals surface area contributed by atoms with E-state index in [0.717, 1.165) is 5.92 Å². The van der Waals surface area contributed by atoms with Crippen LogP contribution in [0.4, 0.5) is 0 Å². The van der Waals surface area contributed by atoms with Crippen LogP contribution in [0.3, 0.4) is 0 Å². The van der Waals surface area contributed by atoms with E-state index in [0.29, 0.717) is 5.92 Å². The highest BCUT2D eigenvalue weighted by Crippen LogP contribution is 2.29. The van der Waals surface area contributed by atoms with Crippen molar-refractivity contribution in [1.29, 1.82) is 0 Å². The molecule has 1 rings (SSSR count). The fraction of sp³-hybridized carbons (Fsp3) is 0.692. The third kappa shape index (κ3) is 3.38. The lowest BCUT2D eigenvalue weighted by Gasteiger charge is -2.21. The van der Waals surface area contributed by atoms with E-state index in [4.69, 9.17) is 0 Å². The van der Waals surface area contributed by atoms with Crippen LogP contribution < -0.4 is 0 Å². The topological polar surface area (TPSA) is 0 Å². The van der Waals surface area contributed by atoms with Crippen molar-refractivity contribution in [3.63, 3.8) is 0 Å². The molecule has 1 unspecified atom stereocenters. The minimum absolute atomic E-state index is 0.678. The molecule has 0 aliphatic heterocycles. The van der Waals surface area contributed by atoms with Gasteiger partial charge in [0.2, 0.25) is 0 Å². The molecule has 74 valence electrons. The molecule has 1 atom stereocenters. The Labute approximate surface area is 82.7 Å². The first kappa shape index (κ1) is 10.6. The molecule has 0 heterocycles. The Bertz CT molecular complexity index is 218. The van der Waals surface area contributed by atoms with E-state index in [9.17, 15) is 0 Å². The average molecular weight is 178 g/mol. The summed E-state index contributed by atoms with van der Waals surface area (Å²) in [6.07, 6.45) is 8.63. The van der Waals surface area contributed by atoms with Gasteiger partial charge < -0.3 is 0 Å². The van der Waals surface area contributed by atoms with E-state index in [2.05, 4.69) is 39.8 Å². The van der Waals surface area contributed by atoms with E-state index in [1.165, 1.54) is 19.3 Å². The fourth-order valence-electron chi connectivity index (χ4n) is 1.79. The summed E-state index contributed by atoms with van der Waals surface area (Å²) in [4.78, 5) is 0. The van der Waals surface area contributed by atoms with Crippen LogP contribution in [0.2, 0.25) is 0 Å². The van der Waals surface area contributed by atoms with Crippen LogP contribution in [0, 0.1) is 11.8 Å². The Morgan fingerprint density at radius 1 is 1.38 bits per heavy atom. The van der Waals surface area contributed by atoms with Gasteiger partial charge in [0.25, 0.3) is 0 Å². The van der Waals surface area contributed by atoms with Crippen molar-refractivity contribution in [3.05, 3.63) is 23.3 Å². The maximum absolute atomic E-state index is 2.36. The Balaban J connectivity index is 2.65. The molecule has 0 aromatic rings. The zero-order valence-electron chi connectivity index (χ0n) is 9.43. The van der Waals surface area contributed by atoms with Crippen molar-refractivity contribution in [1.82, 2.24) is 0 Å². The number of allylic oxidation sites excluding steroid dienone is 4. The highest BCUT2D eigenvalue weighted by molar-refractivity contribution is 5.27. The maximum atomic E-state index is 2.36. The first-order chi connectivity index (χ1) is 6.09. The highest BCUT2D eigenvalue weighted by atomic mass is 14.2. The molecule has 1 aliphatic carbocycles. The van der Waals surface area contributed by atoms with Gasteiger partial charge in [-0.25, -0.2) is 0 Å². The molecule has 0 spiro atoms. The van der Waals surface area contributed by atoms with Gasteiger partial charge in [-0.05, 0) is 43.6 Å². The zero-order chi connectivity index (χ0) is 9.84. The van der Waals surface area contributed by atoms with Crippen LogP contribution in [0.5, 0.6) is 0 Å². The molecule has 0 saturated carbocycles. The maximum Gasteiger partial charge on any atom is -0.0254 e. The summed E-state index contributed by atoms with van der Waals surface area (Å²) in [5.74, 6) is 1.56. The van der Waals surface area contributed by atoms with Crippen molar-refractivity contribution in [2.24, 2.45) is 11.8 Å². The van der Waals surface area contributed by atoms with Gasteiger partial charge in [0.1, 0.15) is 0 Å². The summed E-state index contributed by atoms with van der Waals surface area (Å²) in [7, 11) is 0. The van der Waals surface area contributed by atoms with Crippen molar-refractivity contribution in [3.8, 4) is 0 Å². The minimum atomic E-state index is 0.678. The third-order valence-electron chi connectivity index (χ3n) is 2.81. The molecule has 0 amide bonds. The first-order valence-corrected chi connectivity index (χ1v) is 5.46. The van der Waals surface area contributed by atoms with E-state index in [1.807, 2.05) is 0 Å². The molecule has 0 aromatic carbocycles. The Kier molecular flexibility index (Phi) is 3.77. The molecule has 0 saturated heterocycles. The number of hydrogen-bond acceptors (Lipinski definition) is 0. The lowest BCUT2D eigenvalue weighted by atomic mass is 9.85. The van der Waals surface area contributed by atoms with Gasteiger partial charge in [-0.2, -0.15) is 0 Å². The van der Waals surface area contributed by atoms with Crippen LogP contribution >= 0.6 is 0 Å². The van der Waals surface area contributed by atoms with Crippen LogP contribution in [0.1, 0.15) is 47.0 Å². The molecule has 0 fully saturated rings. The van der Waals surface area contributed by atoms with Gasteiger partial charge >= 0.3 is 0 Å². The third-order valence-corrected chi connectivity index (χ3v) is 2.81. The Morgan fingerprint density at radius 2 is 2.08 bits per heavy atom. The normalized spacial score (nSPS) is 24.8. The van der Waals surface area contributed by atoms with Crippen LogP contribution in [-0.4, -0.2) is 0 Å². The van der Waals surface area contributed by atoms with E-state index in [1.54, 1.807) is 11.1 Å². The summed E-state index contributed by atoms with van der Waals surface area (Å²) in [6, 6.07) is 0. The summed E-state index contributed by atoms with van der Waals surface area (Å²) < 4.78 is 0. The zero-order valence-corrected chi connectivity index (χ0v) is 9.43. The second kappa shape index (κ2) is 4.64. The summed E-state index contributed by atoms with van der Waals surface area (Å²) in [5.41, 5.74) is 3.20. The number of rotatable bonds is 2. The monoisotopic (exact) mass is 178 g/mol. The second-order valence-corrected chi connectivity index (χ2v) is 4.76. The second-order valence-electron chi connectivity index (χ2n) is 4.76. The summed E-state index contributed by atoms with van der Waals surface area (Å²) in [6.45, 7) is 9.11. The SMILES string of the molecule is CC1=C(/C=C\C(C)C)CC(C)CC1. The van der Waals surface area contributed by atoms with Gasteiger partial charge in [0.05, 0.1) is 0 Å². The predicted molar refractivity (Wildman–Crippen MR) is 59.7 cm³/mol. The molecular formula is C13H22. The van der Waals surface area contributed by atoms with Crippen LogP contribution in [0.15, 0.2) is 23.3 Å². The Hall–Kier alpha value is -0.520. The Morgan fingerprint density at radius 3 is 2.69 bits per heavy atom. The average Bonchev–Trinajstić information content (AvgIpc) is 2.06. The minimum Gasteiger partial charge on any atom is -0.0817 e. The molecule has 0 N–H and O–H groups in total. The molecule has 0 radical (unpaired) electrons. The molecule has 1 aliphatic rings. The standard InChI is InChI=1S/C13H22/c1-10(2)5-8-13-9-11(3)6-7-12(13)4/h5,8,10-11H,6-7,9H2,1-4H3/b8-5-. The highest BCUT2D eigenvalue weighted by Gasteiger charge is 2.12. The van der Waals surface area contributed by atoms with Crippen molar-refractivity contribution in [2.75, 3.05) is 0 Å². The molecule has 0 aromatic heterocycles. The smallest absolute Gasteiger partial charge is 0.0254 e. The molecule has 13 heavy (non-hydrogen) atoms. The van der Waals surface area contributed by atoms with E-state index < -0.39 is 0 Å². The van der Waals surface area contributed by atoms with E-state index >= 15 is 0 Å². The molecule has 0 heteroatoms. The van der Waals surface area contributed by atoms with E-state index in [-0.39, 0.29) is 0 Å². The first-order valence-electron chi connectivity index (χ1n) is 5.46. The van der Waals surface area contributed by atoms with Gasteiger partial charge in [-0.3, -0.25) is 0 Å².